The Morgan fingerprint density at radius 1 is 1.18 bits per heavy atom. The van der Waals surface area contributed by atoms with Crippen molar-refractivity contribution in [3.05, 3.63) is 46.2 Å². The second kappa shape index (κ2) is 6.63. The van der Waals surface area contributed by atoms with E-state index in [0.717, 1.165) is 41.9 Å². The van der Waals surface area contributed by atoms with Crippen LogP contribution in [0.5, 0.6) is 0 Å². The summed E-state index contributed by atoms with van der Waals surface area (Å²) in [7, 11) is 1.75. The summed E-state index contributed by atoms with van der Waals surface area (Å²) in [6.07, 6.45) is 2.14. The third kappa shape index (κ3) is 3.08. The van der Waals surface area contributed by atoms with Gasteiger partial charge in [-0.25, -0.2) is 0 Å². The maximum Gasteiger partial charge on any atom is 0.264 e. The van der Waals surface area contributed by atoms with Crippen LogP contribution in [0.1, 0.15) is 28.1 Å². The molecule has 1 fully saturated rings. The van der Waals surface area contributed by atoms with Crippen molar-refractivity contribution in [2.24, 2.45) is 0 Å². The first-order valence-electron chi connectivity index (χ1n) is 7.65. The molecule has 1 aromatic heterocycles. The predicted molar refractivity (Wildman–Crippen MR) is 90.4 cm³/mol. The van der Waals surface area contributed by atoms with Gasteiger partial charge >= 0.3 is 0 Å². The largest absolute Gasteiger partial charge is 0.381 e. The van der Waals surface area contributed by atoms with Gasteiger partial charge < -0.3 is 9.64 Å². The SMILES string of the molecule is COC1CCN(C(=O)c2sccc2-c2ccc(C)cc2)CC1. The van der Waals surface area contributed by atoms with Crippen molar-refractivity contribution in [1.82, 2.24) is 4.90 Å². The van der Waals surface area contributed by atoms with Crippen LogP contribution in [0.2, 0.25) is 0 Å². The molecule has 0 atom stereocenters. The molecule has 0 aliphatic carbocycles. The van der Waals surface area contributed by atoms with E-state index >= 15 is 0 Å². The number of aryl methyl sites for hydroxylation is 1. The molecular weight excluding hydrogens is 294 g/mol. The first-order chi connectivity index (χ1) is 10.7. The lowest BCUT2D eigenvalue weighted by Gasteiger charge is -2.31. The van der Waals surface area contributed by atoms with E-state index in [1.54, 1.807) is 7.11 Å². The van der Waals surface area contributed by atoms with Crippen molar-refractivity contribution < 1.29 is 9.53 Å². The fraction of sp³-hybridized carbons (Fsp3) is 0.389. The van der Waals surface area contributed by atoms with Crippen LogP contribution >= 0.6 is 11.3 Å². The normalized spacial score (nSPS) is 16.0. The predicted octanol–water partition coefficient (Wildman–Crippen LogP) is 3.97. The number of piperidine rings is 1. The highest BCUT2D eigenvalue weighted by Gasteiger charge is 2.25. The molecule has 3 nitrogen and oxygen atoms in total. The van der Waals surface area contributed by atoms with Crippen LogP contribution in [-0.2, 0) is 4.74 Å². The lowest BCUT2D eigenvalue weighted by molar-refractivity contribution is 0.0354. The lowest BCUT2D eigenvalue weighted by Crippen LogP contribution is -2.40. The standard InChI is InChI=1S/C18H21NO2S/c1-13-3-5-14(6-4-13)16-9-12-22-17(16)18(20)19-10-7-15(21-2)8-11-19/h3-6,9,12,15H,7-8,10-11H2,1-2H3. The van der Waals surface area contributed by atoms with Crippen molar-refractivity contribution in [2.75, 3.05) is 20.2 Å². The van der Waals surface area contributed by atoms with Crippen LogP contribution in [0, 0.1) is 6.92 Å². The number of hydrogen-bond acceptors (Lipinski definition) is 3. The van der Waals surface area contributed by atoms with Gasteiger partial charge in [-0.1, -0.05) is 29.8 Å². The summed E-state index contributed by atoms with van der Waals surface area (Å²) >= 11 is 1.53. The highest BCUT2D eigenvalue weighted by atomic mass is 32.1. The summed E-state index contributed by atoms with van der Waals surface area (Å²) in [5, 5.41) is 2.00. The molecule has 116 valence electrons. The Hall–Kier alpha value is -1.65. The molecule has 0 bridgehead atoms. The van der Waals surface area contributed by atoms with Crippen LogP contribution in [0.15, 0.2) is 35.7 Å². The van der Waals surface area contributed by atoms with Gasteiger partial charge in [-0.15, -0.1) is 11.3 Å². The number of thiophene rings is 1. The molecule has 1 amide bonds. The number of benzene rings is 1. The Balaban J connectivity index is 1.80. The number of carbonyl (C=O) groups is 1. The zero-order valence-electron chi connectivity index (χ0n) is 13.0. The average molecular weight is 315 g/mol. The zero-order chi connectivity index (χ0) is 15.5. The van der Waals surface area contributed by atoms with Crippen LogP contribution in [0.25, 0.3) is 11.1 Å². The van der Waals surface area contributed by atoms with Gasteiger partial charge in [0.05, 0.1) is 11.0 Å². The second-order valence-corrected chi connectivity index (χ2v) is 6.67. The van der Waals surface area contributed by atoms with Gasteiger partial charge in [0.1, 0.15) is 0 Å². The van der Waals surface area contributed by atoms with E-state index in [9.17, 15) is 4.79 Å². The molecular formula is C18H21NO2S. The number of methoxy groups -OCH3 is 1. The minimum Gasteiger partial charge on any atom is -0.381 e. The van der Waals surface area contributed by atoms with Crippen LogP contribution < -0.4 is 0 Å². The van der Waals surface area contributed by atoms with Crippen molar-refractivity contribution in [3.63, 3.8) is 0 Å². The van der Waals surface area contributed by atoms with Gasteiger partial charge in [-0.3, -0.25) is 4.79 Å². The number of hydrogen-bond donors (Lipinski definition) is 0. The highest BCUT2D eigenvalue weighted by Crippen LogP contribution is 2.30. The van der Waals surface area contributed by atoms with Gasteiger partial charge in [0.25, 0.3) is 5.91 Å². The number of likely N-dealkylation sites (tertiary alicyclic amines) is 1. The maximum atomic E-state index is 12.8. The Labute approximate surface area is 135 Å². The number of ether oxygens (including phenoxy) is 1. The quantitative estimate of drug-likeness (QED) is 0.857. The van der Waals surface area contributed by atoms with Crippen molar-refractivity contribution in [2.45, 2.75) is 25.9 Å². The topological polar surface area (TPSA) is 29.5 Å². The minimum absolute atomic E-state index is 0.153. The van der Waals surface area contributed by atoms with Crippen molar-refractivity contribution in [3.8, 4) is 11.1 Å². The van der Waals surface area contributed by atoms with Crippen LogP contribution in [-0.4, -0.2) is 37.1 Å². The van der Waals surface area contributed by atoms with E-state index in [4.69, 9.17) is 4.74 Å². The molecule has 1 aliphatic heterocycles. The van der Waals surface area contributed by atoms with Gasteiger partial charge in [-0.05, 0) is 36.8 Å². The molecule has 1 saturated heterocycles. The van der Waals surface area contributed by atoms with E-state index in [0.29, 0.717) is 6.10 Å². The Bertz CT molecular complexity index is 639. The molecule has 4 heteroatoms. The Morgan fingerprint density at radius 3 is 2.50 bits per heavy atom. The number of nitrogens with zero attached hydrogens (tertiary/aromatic N) is 1. The van der Waals surface area contributed by atoms with E-state index in [2.05, 4.69) is 31.2 Å². The fourth-order valence-corrected chi connectivity index (χ4v) is 3.76. The molecule has 0 saturated carbocycles. The van der Waals surface area contributed by atoms with E-state index < -0.39 is 0 Å². The third-order valence-electron chi connectivity index (χ3n) is 4.28. The van der Waals surface area contributed by atoms with Gasteiger partial charge in [0.15, 0.2) is 0 Å². The summed E-state index contributed by atoms with van der Waals surface area (Å²) in [4.78, 5) is 15.6. The Morgan fingerprint density at radius 2 is 1.86 bits per heavy atom. The van der Waals surface area contributed by atoms with Crippen LogP contribution in [0.4, 0.5) is 0 Å². The van der Waals surface area contributed by atoms with Crippen molar-refractivity contribution in [1.29, 1.82) is 0 Å². The Kier molecular flexibility index (Phi) is 4.60. The van der Waals surface area contributed by atoms with Gasteiger partial charge in [-0.2, -0.15) is 0 Å². The third-order valence-corrected chi connectivity index (χ3v) is 5.19. The van der Waals surface area contributed by atoms with Gasteiger partial charge in [0, 0.05) is 25.8 Å². The first-order valence-corrected chi connectivity index (χ1v) is 8.53. The molecule has 1 aliphatic rings. The number of amides is 1. The minimum atomic E-state index is 0.153. The molecule has 1 aromatic carbocycles. The molecule has 3 rings (SSSR count). The summed E-state index contributed by atoms with van der Waals surface area (Å²) in [6.45, 7) is 3.63. The van der Waals surface area contributed by atoms with E-state index in [1.165, 1.54) is 16.9 Å². The average Bonchev–Trinajstić information content (AvgIpc) is 3.04. The monoisotopic (exact) mass is 315 g/mol. The first kappa shape index (κ1) is 15.3. The zero-order valence-corrected chi connectivity index (χ0v) is 13.9. The smallest absolute Gasteiger partial charge is 0.264 e. The van der Waals surface area contributed by atoms with Gasteiger partial charge in [0.2, 0.25) is 0 Å². The summed E-state index contributed by atoms with van der Waals surface area (Å²) in [5.41, 5.74) is 3.39. The maximum absolute atomic E-state index is 12.8. The summed E-state index contributed by atoms with van der Waals surface area (Å²) in [5.74, 6) is 0.153. The van der Waals surface area contributed by atoms with Crippen molar-refractivity contribution >= 4 is 17.2 Å². The molecule has 2 heterocycles. The van der Waals surface area contributed by atoms with E-state index in [1.807, 2.05) is 16.3 Å². The van der Waals surface area contributed by atoms with Crippen LogP contribution in [0.3, 0.4) is 0 Å². The number of carbonyl (C=O) groups excluding carboxylic acids is 1. The number of rotatable bonds is 3. The molecule has 2 aromatic rings. The molecule has 0 spiro atoms. The molecule has 0 radical (unpaired) electrons. The molecule has 0 N–H and O–H groups in total. The molecule has 0 unspecified atom stereocenters. The fourth-order valence-electron chi connectivity index (χ4n) is 2.87. The highest BCUT2D eigenvalue weighted by molar-refractivity contribution is 7.12. The second-order valence-electron chi connectivity index (χ2n) is 5.76. The molecule has 22 heavy (non-hydrogen) atoms. The summed E-state index contributed by atoms with van der Waals surface area (Å²) < 4.78 is 5.38. The summed E-state index contributed by atoms with van der Waals surface area (Å²) in [6, 6.07) is 10.4. The van der Waals surface area contributed by atoms with E-state index in [-0.39, 0.29) is 5.91 Å². The lowest BCUT2D eigenvalue weighted by atomic mass is 10.0.